The van der Waals surface area contributed by atoms with E-state index in [1.165, 1.54) is 10.3 Å². The molecule has 1 unspecified atom stereocenters. The van der Waals surface area contributed by atoms with Crippen molar-refractivity contribution in [3.63, 3.8) is 0 Å². The number of nitrogens with zero attached hydrogens (tertiary/aromatic N) is 3. The van der Waals surface area contributed by atoms with Gasteiger partial charge in [-0.15, -0.1) is 0 Å². The molecule has 0 bridgehead atoms. The second kappa shape index (κ2) is 9.14. The molecule has 0 spiro atoms. The van der Waals surface area contributed by atoms with Crippen LogP contribution in [0.1, 0.15) is 47.0 Å². The van der Waals surface area contributed by atoms with Crippen molar-refractivity contribution in [2.75, 3.05) is 19.6 Å². The molecular formula is C22H31N3O2S. The van der Waals surface area contributed by atoms with Crippen molar-refractivity contribution >= 4 is 28.8 Å². The number of pyridine rings is 1. The summed E-state index contributed by atoms with van der Waals surface area (Å²) in [5.74, 6) is 0. The first-order valence-corrected chi connectivity index (χ1v) is 10.9. The fourth-order valence-electron chi connectivity index (χ4n) is 3.39. The first kappa shape index (κ1) is 20.9. The number of carbonyl (C=O) groups is 1. The summed E-state index contributed by atoms with van der Waals surface area (Å²) in [7, 11) is 0. The highest BCUT2D eigenvalue weighted by Crippen LogP contribution is 2.31. The summed E-state index contributed by atoms with van der Waals surface area (Å²) >= 11 is 1.77. The van der Waals surface area contributed by atoms with Crippen LogP contribution in [0.3, 0.4) is 0 Å². The molecule has 1 amide bonds. The monoisotopic (exact) mass is 401 g/mol. The van der Waals surface area contributed by atoms with Gasteiger partial charge in [0.1, 0.15) is 5.60 Å². The molecule has 3 rings (SSSR count). The second-order valence-corrected chi connectivity index (χ2v) is 9.50. The van der Waals surface area contributed by atoms with Crippen LogP contribution in [0.25, 0.3) is 10.8 Å². The van der Waals surface area contributed by atoms with E-state index in [0.717, 1.165) is 44.3 Å². The summed E-state index contributed by atoms with van der Waals surface area (Å²) in [4.78, 5) is 20.1. The van der Waals surface area contributed by atoms with Crippen LogP contribution in [-0.2, 0) is 4.74 Å². The Morgan fingerprint density at radius 3 is 2.89 bits per heavy atom. The standard InChI is InChI=1S/C22H31N3O2S/c1-5-6-12-25(21(26)27-22(2,3)4)19-10-13-24(16-19)28-20-8-7-18-15-23-11-9-17(18)14-20/h7-9,11,14-15,19H,5-6,10,12-13,16H2,1-4H3. The molecule has 2 heterocycles. The molecule has 5 nitrogen and oxygen atoms in total. The van der Waals surface area contributed by atoms with E-state index in [1.807, 2.05) is 44.1 Å². The number of ether oxygens (including phenoxy) is 1. The van der Waals surface area contributed by atoms with Crippen LogP contribution in [0, 0.1) is 0 Å². The van der Waals surface area contributed by atoms with Gasteiger partial charge in [0.05, 0.1) is 0 Å². The molecule has 1 fully saturated rings. The minimum Gasteiger partial charge on any atom is -0.444 e. The lowest BCUT2D eigenvalue weighted by atomic mass is 10.2. The van der Waals surface area contributed by atoms with Gasteiger partial charge in [-0.1, -0.05) is 19.4 Å². The van der Waals surface area contributed by atoms with E-state index in [0.29, 0.717) is 0 Å². The van der Waals surface area contributed by atoms with Crippen molar-refractivity contribution in [2.45, 2.75) is 63.5 Å². The van der Waals surface area contributed by atoms with Crippen LogP contribution in [0.5, 0.6) is 0 Å². The van der Waals surface area contributed by atoms with E-state index in [2.05, 4.69) is 34.4 Å². The van der Waals surface area contributed by atoms with Gasteiger partial charge in [0, 0.05) is 48.4 Å². The minimum atomic E-state index is -0.464. The largest absolute Gasteiger partial charge is 0.444 e. The second-order valence-electron chi connectivity index (χ2n) is 8.33. The van der Waals surface area contributed by atoms with E-state index in [-0.39, 0.29) is 12.1 Å². The Balaban J connectivity index is 1.64. The van der Waals surface area contributed by atoms with Crippen molar-refractivity contribution in [3.8, 4) is 0 Å². The fraction of sp³-hybridized carbons (Fsp3) is 0.545. The third kappa shape index (κ3) is 5.61. The molecule has 28 heavy (non-hydrogen) atoms. The van der Waals surface area contributed by atoms with Gasteiger partial charge in [-0.3, -0.25) is 4.98 Å². The smallest absolute Gasteiger partial charge is 0.410 e. The van der Waals surface area contributed by atoms with Crippen molar-refractivity contribution in [2.24, 2.45) is 0 Å². The maximum absolute atomic E-state index is 12.7. The zero-order valence-corrected chi connectivity index (χ0v) is 18.2. The van der Waals surface area contributed by atoms with Gasteiger partial charge >= 0.3 is 6.09 Å². The van der Waals surface area contributed by atoms with E-state index in [9.17, 15) is 4.79 Å². The van der Waals surface area contributed by atoms with E-state index in [4.69, 9.17) is 4.74 Å². The van der Waals surface area contributed by atoms with Gasteiger partial charge in [0.15, 0.2) is 0 Å². The molecule has 0 saturated carbocycles. The van der Waals surface area contributed by atoms with Gasteiger partial charge in [0.25, 0.3) is 0 Å². The Morgan fingerprint density at radius 1 is 1.32 bits per heavy atom. The SMILES string of the molecule is CCCCN(C(=O)OC(C)(C)C)C1CCN(Sc2ccc3cnccc3c2)C1. The molecule has 1 aliphatic rings. The number of unbranched alkanes of at least 4 members (excludes halogenated alkanes) is 1. The first-order chi connectivity index (χ1) is 13.4. The van der Waals surface area contributed by atoms with Crippen LogP contribution in [-0.4, -0.2) is 51.6 Å². The lowest BCUT2D eigenvalue weighted by molar-refractivity contribution is 0.0170. The highest BCUT2D eigenvalue weighted by Gasteiger charge is 2.33. The van der Waals surface area contributed by atoms with Crippen LogP contribution in [0.4, 0.5) is 4.79 Å². The molecule has 6 heteroatoms. The maximum atomic E-state index is 12.7. The van der Waals surface area contributed by atoms with Gasteiger partial charge < -0.3 is 9.64 Å². The molecular weight excluding hydrogens is 370 g/mol. The number of benzene rings is 1. The number of aromatic nitrogens is 1. The molecule has 1 atom stereocenters. The predicted molar refractivity (Wildman–Crippen MR) is 115 cm³/mol. The third-order valence-electron chi connectivity index (χ3n) is 4.79. The summed E-state index contributed by atoms with van der Waals surface area (Å²) in [6.45, 7) is 10.5. The number of hydrogen-bond acceptors (Lipinski definition) is 5. The lowest BCUT2D eigenvalue weighted by Gasteiger charge is -2.31. The summed E-state index contributed by atoms with van der Waals surface area (Å²) in [6, 6.07) is 8.72. The molecule has 1 aliphatic heterocycles. The average Bonchev–Trinajstić information content (AvgIpc) is 3.08. The van der Waals surface area contributed by atoms with Gasteiger partial charge in [-0.05, 0) is 69.1 Å². The van der Waals surface area contributed by atoms with E-state index < -0.39 is 5.60 Å². The number of hydrogen-bond donors (Lipinski definition) is 0. The van der Waals surface area contributed by atoms with Gasteiger partial charge in [0.2, 0.25) is 0 Å². The molecule has 152 valence electrons. The van der Waals surface area contributed by atoms with Crippen molar-refractivity contribution in [1.82, 2.24) is 14.2 Å². The molecule has 0 aliphatic carbocycles. The van der Waals surface area contributed by atoms with Crippen LogP contribution in [0.15, 0.2) is 41.6 Å². The number of carbonyl (C=O) groups excluding carboxylic acids is 1. The highest BCUT2D eigenvalue weighted by molar-refractivity contribution is 7.97. The molecule has 2 aromatic rings. The topological polar surface area (TPSA) is 45.7 Å². The molecule has 0 N–H and O–H groups in total. The molecule has 1 aromatic heterocycles. The van der Waals surface area contributed by atoms with Gasteiger partial charge in [-0.25, -0.2) is 9.10 Å². The Labute approximate surface area is 172 Å². The zero-order valence-electron chi connectivity index (χ0n) is 17.4. The lowest BCUT2D eigenvalue weighted by Crippen LogP contribution is -2.44. The Bertz CT molecular complexity index is 806. The van der Waals surface area contributed by atoms with Gasteiger partial charge in [-0.2, -0.15) is 0 Å². The predicted octanol–water partition coefficient (Wildman–Crippen LogP) is 5.35. The van der Waals surface area contributed by atoms with Crippen LogP contribution < -0.4 is 0 Å². The molecule has 0 radical (unpaired) electrons. The average molecular weight is 402 g/mol. The Hall–Kier alpha value is -1.79. The van der Waals surface area contributed by atoms with Crippen LogP contribution in [0.2, 0.25) is 0 Å². The summed E-state index contributed by atoms with van der Waals surface area (Å²) in [5, 5.41) is 2.36. The van der Waals surface area contributed by atoms with Crippen LogP contribution >= 0.6 is 11.9 Å². The fourth-order valence-corrected chi connectivity index (χ4v) is 4.44. The maximum Gasteiger partial charge on any atom is 0.410 e. The normalized spacial score (nSPS) is 17.8. The summed E-state index contributed by atoms with van der Waals surface area (Å²) < 4.78 is 8.02. The summed E-state index contributed by atoms with van der Waals surface area (Å²) in [5.41, 5.74) is -0.464. The van der Waals surface area contributed by atoms with Crippen molar-refractivity contribution in [1.29, 1.82) is 0 Å². The number of rotatable bonds is 6. The quantitative estimate of drug-likeness (QED) is 0.610. The van der Waals surface area contributed by atoms with Crippen molar-refractivity contribution in [3.05, 3.63) is 36.7 Å². The Morgan fingerprint density at radius 2 is 2.14 bits per heavy atom. The third-order valence-corrected chi connectivity index (χ3v) is 5.85. The zero-order chi connectivity index (χ0) is 20.1. The number of amides is 1. The van der Waals surface area contributed by atoms with E-state index >= 15 is 0 Å². The first-order valence-electron chi connectivity index (χ1n) is 10.1. The van der Waals surface area contributed by atoms with E-state index in [1.54, 1.807) is 11.9 Å². The molecule has 1 saturated heterocycles. The molecule has 1 aromatic carbocycles. The summed E-state index contributed by atoms with van der Waals surface area (Å²) in [6.07, 6.45) is 6.58. The Kier molecular flexibility index (Phi) is 6.83. The number of fused-ring (bicyclic) bond motifs is 1. The highest BCUT2D eigenvalue weighted by atomic mass is 32.2. The van der Waals surface area contributed by atoms with Crippen molar-refractivity contribution < 1.29 is 9.53 Å². The minimum absolute atomic E-state index is 0.184.